The van der Waals surface area contributed by atoms with E-state index in [-0.39, 0.29) is 0 Å². The first-order chi connectivity index (χ1) is 10.1. The first kappa shape index (κ1) is 16.2. The summed E-state index contributed by atoms with van der Waals surface area (Å²) in [6, 6.07) is 0.637. The minimum atomic E-state index is 0.637. The number of thiazole rings is 1. The summed E-state index contributed by atoms with van der Waals surface area (Å²) in [7, 11) is 1.82. The minimum absolute atomic E-state index is 0.637. The second kappa shape index (κ2) is 7.75. The summed E-state index contributed by atoms with van der Waals surface area (Å²) >= 11 is 1.75. The molecule has 1 aliphatic rings. The molecule has 0 bridgehead atoms. The van der Waals surface area contributed by atoms with E-state index in [4.69, 9.17) is 0 Å². The molecule has 0 amide bonds. The third kappa shape index (κ3) is 4.41. The van der Waals surface area contributed by atoms with Crippen molar-refractivity contribution in [3.8, 4) is 0 Å². The number of rotatable bonds is 5. The number of hydrogen-bond acceptors (Lipinski definition) is 4. The summed E-state index contributed by atoms with van der Waals surface area (Å²) < 4.78 is 0. The van der Waals surface area contributed by atoms with E-state index in [2.05, 4.69) is 46.3 Å². The summed E-state index contributed by atoms with van der Waals surface area (Å²) in [6.45, 7) is 10.5. The molecule has 2 heterocycles. The van der Waals surface area contributed by atoms with Gasteiger partial charge in [0.05, 0.1) is 12.2 Å². The molecule has 1 saturated heterocycles. The largest absolute Gasteiger partial charge is 0.355 e. The van der Waals surface area contributed by atoms with Crippen LogP contribution < -0.4 is 10.6 Å². The van der Waals surface area contributed by atoms with Gasteiger partial charge in [-0.1, -0.05) is 6.92 Å². The van der Waals surface area contributed by atoms with Crippen molar-refractivity contribution in [3.63, 3.8) is 0 Å². The van der Waals surface area contributed by atoms with Gasteiger partial charge in [-0.2, -0.15) is 0 Å². The van der Waals surface area contributed by atoms with Crippen molar-refractivity contribution in [2.75, 3.05) is 26.7 Å². The molecule has 1 aromatic rings. The van der Waals surface area contributed by atoms with Gasteiger partial charge < -0.3 is 10.6 Å². The Morgan fingerprint density at radius 2 is 2.24 bits per heavy atom. The molecule has 118 valence electrons. The number of aryl methyl sites for hydroxylation is 2. The Balaban J connectivity index is 1.78. The summed E-state index contributed by atoms with van der Waals surface area (Å²) in [5, 5.41) is 7.91. The molecule has 1 aliphatic heterocycles. The highest BCUT2D eigenvalue weighted by Gasteiger charge is 2.22. The van der Waals surface area contributed by atoms with Crippen LogP contribution in [0.1, 0.15) is 35.3 Å². The molecule has 0 radical (unpaired) electrons. The first-order valence-corrected chi connectivity index (χ1v) is 8.57. The minimum Gasteiger partial charge on any atom is -0.355 e. The van der Waals surface area contributed by atoms with E-state index in [0.29, 0.717) is 6.04 Å². The molecule has 0 saturated carbocycles. The number of nitrogens with one attached hydrogen (secondary N) is 2. The van der Waals surface area contributed by atoms with Crippen LogP contribution in [0.4, 0.5) is 0 Å². The predicted octanol–water partition coefficient (Wildman–Crippen LogP) is 1.91. The average molecular weight is 309 g/mol. The number of aliphatic imine (C=N–C) groups is 1. The summed E-state index contributed by atoms with van der Waals surface area (Å²) in [5.74, 6) is 0.864. The van der Waals surface area contributed by atoms with Crippen LogP contribution in [-0.4, -0.2) is 48.6 Å². The molecule has 0 spiro atoms. The van der Waals surface area contributed by atoms with Crippen LogP contribution >= 0.6 is 11.3 Å². The van der Waals surface area contributed by atoms with E-state index >= 15 is 0 Å². The number of likely N-dealkylation sites (N-methyl/N-ethyl adjacent to an activating group) is 1. The van der Waals surface area contributed by atoms with Crippen molar-refractivity contribution in [1.82, 2.24) is 20.5 Å². The van der Waals surface area contributed by atoms with Crippen molar-refractivity contribution in [1.29, 1.82) is 0 Å². The fourth-order valence-corrected chi connectivity index (χ4v) is 3.63. The van der Waals surface area contributed by atoms with E-state index in [1.807, 2.05) is 7.05 Å². The van der Waals surface area contributed by atoms with E-state index in [1.54, 1.807) is 11.3 Å². The highest BCUT2D eigenvalue weighted by molar-refractivity contribution is 7.11. The van der Waals surface area contributed by atoms with Crippen molar-refractivity contribution in [2.45, 2.75) is 46.2 Å². The van der Waals surface area contributed by atoms with Gasteiger partial charge in [0.25, 0.3) is 0 Å². The lowest BCUT2D eigenvalue weighted by molar-refractivity contribution is 0.267. The molecule has 1 atom stereocenters. The molecule has 1 unspecified atom stereocenters. The van der Waals surface area contributed by atoms with Gasteiger partial charge in [-0.25, -0.2) is 4.98 Å². The number of guanidine groups is 1. The molecule has 1 fully saturated rings. The summed E-state index contributed by atoms with van der Waals surface area (Å²) in [5.41, 5.74) is 1.13. The monoisotopic (exact) mass is 309 g/mol. The van der Waals surface area contributed by atoms with Crippen LogP contribution in [-0.2, 0) is 6.54 Å². The van der Waals surface area contributed by atoms with Gasteiger partial charge in [0, 0.05) is 24.5 Å². The van der Waals surface area contributed by atoms with E-state index in [1.165, 1.54) is 24.3 Å². The second-order valence-electron chi connectivity index (χ2n) is 5.48. The molecule has 2 N–H and O–H groups in total. The molecular weight excluding hydrogens is 282 g/mol. The van der Waals surface area contributed by atoms with Crippen molar-refractivity contribution < 1.29 is 0 Å². The van der Waals surface area contributed by atoms with E-state index in [0.717, 1.165) is 36.3 Å². The number of nitrogens with zero attached hydrogens (tertiary/aromatic N) is 3. The number of likely N-dealkylation sites (tertiary alicyclic amines) is 1. The maximum atomic E-state index is 4.54. The van der Waals surface area contributed by atoms with Gasteiger partial charge in [0.15, 0.2) is 5.96 Å². The van der Waals surface area contributed by atoms with Crippen molar-refractivity contribution >= 4 is 17.3 Å². The zero-order valence-corrected chi connectivity index (χ0v) is 14.4. The molecule has 0 aliphatic carbocycles. The zero-order chi connectivity index (χ0) is 15.2. The molecule has 2 rings (SSSR count). The lowest BCUT2D eigenvalue weighted by Crippen LogP contribution is -2.44. The normalized spacial score (nSPS) is 20.0. The van der Waals surface area contributed by atoms with Gasteiger partial charge in [-0.15, -0.1) is 11.3 Å². The fraction of sp³-hybridized carbons (Fsp3) is 0.733. The fourth-order valence-electron chi connectivity index (χ4n) is 2.75. The van der Waals surface area contributed by atoms with Crippen LogP contribution in [0.5, 0.6) is 0 Å². The van der Waals surface area contributed by atoms with Gasteiger partial charge in [-0.3, -0.25) is 9.89 Å². The molecule has 21 heavy (non-hydrogen) atoms. The Morgan fingerprint density at radius 3 is 2.86 bits per heavy atom. The smallest absolute Gasteiger partial charge is 0.191 e. The Bertz CT molecular complexity index is 463. The topological polar surface area (TPSA) is 52.5 Å². The maximum absolute atomic E-state index is 4.54. The summed E-state index contributed by atoms with van der Waals surface area (Å²) in [6.07, 6.45) is 2.59. The number of aromatic nitrogens is 1. The Morgan fingerprint density at radius 1 is 1.43 bits per heavy atom. The SMILES string of the molecule is CCN1CCCC1CNC(=NC)NCc1nc(C)c(C)s1. The van der Waals surface area contributed by atoms with Crippen LogP contribution in [0.15, 0.2) is 4.99 Å². The van der Waals surface area contributed by atoms with Crippen LogP contribution in [0.3, 0.4) is 0 Å². The van der Waals surface area contributed by atoms with Gasteiger partial charge in [0.2, 0.25) is 0 Å². The molecule has 5 nitrogen and oxygen atoms in total. The predicted molar refractivity (Wildman–Crippen MR) is 90.1 cm³/mol. The van der Waals surface area contributed by atoms with Gasteiger partial charge in [-0.05, 0) is 39.8 Å². The summed E-state index contributed by atoms with van der Waals surface area (Å²) in [4.78, 5) is 12.7. The van der Waals surface area contributed by atoms with Crippen molar-refractivity contribution in [3.05, 3.63) is 15.6 Å². The lowest BCUT2D eigenvalue weighted by Gasteiger charge is -2.23. The molecule has 6 heteroatoms. The lowest BCUT2D eigenvalue weighted by atomic mass is 10.2. The third-order valence-corrected chi connectivity index (χ3v) is 5.19. The van der Waals surface area contributed by atoms with Crippen LogP contribution in [0.2, 0.25) is 0 Å². The highest BCUT2D eigenvalue weighted by Crippen LogP contribution is 2.16. The maximum Gasteiger partial charge on any atom is 0.191 e. The van der Waals surface area contributed by atoms with Gasteiger partial charge in [0.1, 0.15) is 5.01 Å². The van der Waals surface area contributed by atoms with Crippen molar-refractivity contribution in [2.24, 2.45) is 4.99 Å². The zero-order valence-electron chi connectivity index (χ0n) is 13.6. The highest BCUT2D eigenvalue weighted by atomic mass is 32.1. The van der Waals surface area contributed by atoms with Crippen LogP contribution in [0, 0.1) is 13.8 Å². The van der Waals surface area contributed by atoms with E-state index < -0.39 is 0 Å². The second-order valence-corrected chi connectivity index (χ2v) is 6.77. The average Bonchev–Trinajstić information content (AvgIpc) is 3.06. The first-order valence-electron chi connectivity index (χ1n) is 7.75. The Kier molecular flexibility index (Phi) is 5.99. The standard InChI is InChI=1S/C15H27N5S/c1-5-20-8-6-7-13(20)9-17-15(16-4)18-10-14-19-11(2)12(3)21-14/h13H,5-10H2,1-4H3,(H2,16,17,18). The molecular formula is C15H27N5S. The molecule has 0 aromatic carbocycles. The van der Waals surface area contributed by atoms with Crippen LogP contribution in [0.25, 0.3) is 0 Å². The molecule has 1 aromatic heterocycles. The number of hydrogen-bond donors (Lipinski definition) is 2. The van der Waals surface area contributed by atoms with E-state index in [9.17, 15) is 0 Å². The third-order valence-electron chi connectivity index (χ3n) is 4.11. The quantitative estimate of drug-likeness (QED) is 0.644. The Labute approximate surface area is 131 Å². The Hall–Kier alpha value is -1.14. The van der Waals surface area contributed by atoms with Gasteiger partial charge >= 0.3 is 0 Å².